The van der Waals surface area contributed by atoms with Crippen molar-refractivity contribution in [3.05, 3.63) is 71.8 Å². The van der Waals surface area contributed by atoms with Crippen molar-refractivity contribution < 1.29 is 14.3 Å². The molecule has 0 aliphatic rings. The first-order valence-electron chi connectivity index (χ1n) is 6.83. The van der Waals surface area contributed by atoms with Crippen molar-refractivity contribution in [3.63, 3.8) is 0 Å². The van der Waals surface area contributed by atoms with Crippen LogP contribution in [0.15, 0.2) is 60.7 Å². The fourth-order valence-corrected chi connectivity index (χ4v) is 1.89. The molecule has 0 radical (unpaired) electrons. The first kappa shape index (κ1) is 15.5. The third kappa shape index (κ3) is 4.06. The fourth-order valence-electron chi connectivity index (χ4n) is 1.89. The molecule has 2 aromatic carbocycles. The van der Waals surface area contributed by atoms with Crippen LogP contribution in [0.1, 0.15) is 15.9 Å². The molecule has 4 heteroatoms. The van der Waals surface area contributed by atoms with Crippen LogP contribution in [0.3, 0.4) is 0 Å². The summed E-state index contributed by atoms with van der Waals surface area (Å²) in [6, 6.07) is 14.2. The van der Waals surface area contributed by atoms with E-state index in [0.717, 1.165) is 11.3 Å². The number of carbonyl (C=O) groups excluding carboxylic acids is 2. The Morgan fingerprint density at radius 2 is 1.68 bits per heavy atom. The molecule has 0 saturated carbocycles. The van der Waals surface area contributed by atoms with E-state index in [9.17, 15) is 9.59 Å². The van der Waals surface area contributed by atoms with Gasteiger partial charge in [-0.15, -0.1) is 0 Å². The topological polar surface area (TPSA) is 55.4 Å². The maximum atomic E-state index is 12.0. The summed E-state index contributed by atoms with van der Waals surface area (Å²) in [5.74, 6) is 0.108. The van der Waals surface area contributed by atoms with Crippen molar-refractivity contribution in [2.45, 2.75) is 6.92 Å². The molecule has 0 aliphatic heterocycles. The molecule has 0 unspecified atom stereocenters. The van der Waals surface area contributed by atoms with Crippen molar-refractivity contribution in [3.8, 4) is 5.75 Å². The molecule has 2 rings (SSSR count). The Balaban J connectivity index is 1.99. The zero-order valence-corrected chi connectivity index (χ0v) is 12.5. The first-order chi connectivity index (χ1) is 10.6. The Hall–Kier alpha value is -2.88. The highest BCUT2D eigenvalue weighted by molar-refractivity contribution is 6.09. The first-order valence-corrected chi connectivity index (χ1v) is 6.83. The van der Waals surface area contributed by atoms with E-state index in [2.05, 4.69) is 5.32 Å². The minimum Gasteiger partial charge on any atom is -0.497 e. The molecule has 0 bridgehead atoms. The van der Waals surface area contributed by atoms with Gasteiger partial charge in [0.15, 0.2) is 5.78 Å². The van der Waals surface area contributed by atoms with E-state index in [1.807, 2.05) is 31.2 Å². The summed E-state index contributed by atoms with van der Waals surface area (Å²) in [6.45, 7) is 1.90. The largest absolute Gasteiger partial charge is 0.497 e. The zero-order chi connectivity index (χ0) is 15.9. The molecule has 0 aliphatic carbocycles. The summed E-state index contributed by atoms with van der Waals surface area (Å²) in [5, 5.41) is 2.74. The highest BCUT2D eigenvalue weighted by Gasteiger charge is 2.04. The number of hydrogen-bond donors (Lipinski definition) is 1. The van der Waals surface area contributed by atoms with Crippen LogP contribution in [0.2, 0.25) is 0 Å². The normalized spacial score (nSPS) is 10.5. The van der Waals surface area contributed by atoms with E-state index >= 15 is 0 Å². The number of rotatable bonds is 5. The molecule has 22 heavy (non-hydrogen) atoms. The van der Waals surface area contributed by atoms with Crippen molar-refractivity contribution in [1.29, 1.82) is 0 Å². The number of hydrogen-bond acceptors (Lipinski definition) is 3. The molecule has 0 heterocycles. The second-order valence-electron chi connectivity index (χ2n) is 4.73. The van der Waals surface area contributed by atoms with E-state index < -0.39 is 0 Å². The summed E-state index contributed by atoms with van der Waals surface area (Å²) in [7, 11) is 1.56. The molecule has 2 aromatic rings. The van der Waals surface area contributed by atoms with Gasteiger partial charge in [-0.1, -0.05) is 18.2 Å². The number of amides is 1. The molecular formula is C18H17NO3. The Bertz CT molecular complexity index is 703. The van der Waals surface area contributed by atoms with Gasteiger partial charge in [0.25, 0.3) is 0 Å². The molecule has 1 N–H and O–H groups in total. The number of anilines is 1. The Morgan fingerprint density at radius 1 is 1.00 bits per heavy atom. The van der Waals surface area contributed by atoms with Gasteiger partial charge < -0.3 is 10.1 Å². The molecule has 1 amide bonds. The molecule has 0 fully saturated rings. The third-order valence-corrected chi connectivity index (χ3v) is 3.16. The van der Waals surface area contributed by atoms with E-state index in [-0.39, 0.29) is 11.7 Å². The molecule has 0 saturated heterocycles. The second-order valence-corrected chi connectivity index (χ2v) is 4.73. The van der Waals surface area contributed by atoms with Crippen LogP contribution >= 0.6 is 0 Å². The second kappa shape index (κ2) is 7.22. The van der Waals surface area contributed by atoms with Gasteiger partial charge in [-0.2, -0.15) is 0 Å². The van der Waals surface area contributed by atoms with Crippen LogP contribution < -0.4 is 10.1 Å². The van der Waals surface area contributed by atoms with Crippen molar-refractivity contribution in [2.75, 3.05) is 12.4 Å². The number of methoxy groups -OCH3 is 1. The van der Waals surface area contributed by atoms with E-state index in [1.165, 1.54) is 12.2 Å². The summed E-state index contributed by atoms with van der Waals surface area (Å²) >= 11 is 0. The van der Waals surface area contributed by atoms with Gasteiger partial charge in [-0.3, -0.25) is 9.59 Å². The Morgan fingerprint density at radius 3 is 2.32 bits per heavy atom. The monoisotopic (exact) mass is 295 g/mol. The van der Waals surface area contributed by atoms with Gasteiger partial charge in [0, 0.05) is 17.3 Å². The van der Waals surface area contributed by atoms with Gasteiger partial charge in [0.1, 0.15) is 5.75 Å². The highest BCUT2D eigenvalue weighted by Crippen LogP contribution is 2.14. The minimum atomic E-state index is -0.337. The van der Waals surface area contributed by atoms with Gasteiger partial charge in [0.05, 0.1) is 7.11 Å². The van der Waals surface area contributed by atoms with Crippen LogP contribution in [0.4, 0.5) is 5.69 Å². The van der Waals surface area contributed by atoms with Crippen LogP contribution in [0.5, 0.6) is 5.75 Å². The van der Waals surface area contributed by atoms with Crippen molar-refractivity contribution in [2.24, 2.45) is 0 Å². The van der Waals surface area contributed by atoms with Crippen LogP contribution in [0.25, 0.3) is 0 Å². The van der Waals surface area contributed by atoms with Crippen LogP contribution in [-0.4, -0.2) is 18.8 Å². The molecule has 0 atom stereocenters. The zero-order valence-electron chi connectivity index (χ0n) is 12.5. The number of allylic oxidation sites excluding steroid dienone is 1. The number of ketones is 1. The lowest BCUT2D eigenvalue weighted by Gasteiger charge is -2.05. The number of nitrogens with one attached hydrogen (secondary N) is 1. The third-order valence-electron chi connectivity index (χ3n) is 3.16. The number of aryl methyl sites for hydroxylation is 1. The highest BCUT2D eigenvalue weighted by atomic mass is 16.5. The molecule has 0 aromatic heterocycles. The summed E-state index contributed by atoms with van der Waals surface area (Å²) in [4.78, 5) is 23.8. The lowest BCUT2D eigenvalue weighted by atomic mass is 10.1. The standard InChI is InChI=1S/C18H17NO3/c1-13-5-3-4-6-16(13)19-18(21)12-11-17(20)14-7-9-15(22-2)10-8-14/h3-12H,1-2H3,(H,19,21). The maximum absolute atomic E-state index is 12.0. The van der Waals surface area contributed by atoms with Gasteiger partial charge in [-0.25, -0.2) is 0 Å². The number of para-hydroxylation sites is 1. The SMILES string of the molecule is COc1ccc(C(=O)C=CC(=O)Nc2ccccc2C)cc1. The minimum absolute atomic E-state index is 0.234. The average Bonchev–Trinajstić information content (AvgIpc) is 2.55. The summed E-state index contributed by atoms with van der Waals surface area (Å²) < 4.78 is 5.03. The molecule has 112 valence electrons. The van der Waals surface area contributed by atoms with Crippen molar-refractivity contribution >= 4 is 17.4 Å². The number of ether oxygens (including phenoxy) is 1. The Kier molecular flexibility index (Phi) is 5.09. The van der Waals surface area contributed by atoms with Gasteiger partial charge >= 0.3 is 0 Å². The average molecular weight is 295 g/mol. The summed E-state index contributed by atoms with van der Waals surface area (Å²) in [5.41, 5.74) is 2.19. The summed E-state index contributed by atoms with van der Waals surface area (Å²) in [6.07, 6.45) is 2.49. The fraction of sp³-hybridized carbons (Fsp3) is 0.111. The number of benzene rings is 2. The van der Waals surface area contributed by atoms with Gasteiger partial charge in [0.2, 0.25) is 5.91 Å². The van der Waals surface area contributed by atoms with Crippen molar-refractivity contribution in [1.82, 2.24) is 0 Å². The van der Waals surface area contributed by atoms with Gasteiger partial charge in [-0.05, 0) is 48.9 Å². The van der Waals surface area contributed by atoms with E-state index in [1.54, 1.807) is 31.4 Å². The maximum Gasteiger partial charge on any atom is 0.248 e. The van der Waals surface area contributed by atoms with E-state index in [0.29, 0.717) is 11.3 Å². The lowest BCUT2D eigenvalue weighted by molar-refractivity contribution is -0.111. The molecule has 0 spiro atoms. The smallest absolute Gasteiger partial charge is 0.248 e. The molecular weight excluding hydrogens is 278 g/mol. The number of carbonyl (C=O) groups is 2. The predicted molar refractivity (Wildman–Crippen MR) is 86.3 cm³/mol. The molecule has 4 nitrogen and oxygen atoms in total. The Labute approximate surface area is 129 Å². The van der Waals surface area contributed by atoms with Crippen LogP contribution in [0, 0.1) is 6.92 Å². The quantitative estimate of drug-likeness (QED) is 0.679. The van der Waals surface area contributed by atoms with Crippen LogP contribution in [-0.2, 0) is 4.79 Å². The predicted octanol–water partition coefficient (Wildman–Crippen LogP) is 3.38. The lowest BCUT2D eigenvalue weighted by Crippen LogP contribution is -2.09. The van der Waals surface area contributed by atoms with E-state index in [4.69, 9.17) is 4.74 Å².